The van der Waals surface area contributed by atoms with E-state index in [4.69, 9.17) is 39.5 Å². The van der Waals surface area contributed by atoms with E-state index >= 15 is 0 Å². The fourth-order valence-electron chi connectivity index (χ4n) is 4.29. The Balaban J connectivity index is 2.14. The van der Waals surface area contributed by atoms with Gasteiger partial charge < -0.3 is 15.0 Å². The molecule has 0 saturated carbocycles. The summed E-state index contributed by atoms with van der Waals surface area (Å²) in [7, 11) is -2.90. The molecule has 2 amide bonds. The minimum absolute atomic E-state index is 0.0336. The van der Waals surface area contributed by atoms with Crippen molar-refractivity contribution in [2.75, 3.05) is 18.0 Å². The number of nitrogens with zero attached hydrogens (tertiary/aromatic N) is 2. The van der Waals surface area contributed by atoms with Crippen LogP contribution in [0.15, 0.2) is 71.6 Å². The predicted octanol–water partition coefficient (Wildman–Crippen LogP) is 6.57. The van der Waals surface area contributed by atoms with E-state index in [1.54, 1.807) is 49.4 Å². The lowest BCUT2D eigenvalue weighted by Crippen LogP contribution is -2.53. The van der Waals surface area contributed by atoms with Gasteiger partial charge in [0.15, 0.2) is 0 Å². The summed E-state index contributed by atoms with van der Waals surface area (Å²) in [6.07, 6.45) is 0.960. The summed E-state index contributed by atoms with van der Waals surface area (Å²) in [6, 6.07) is 16.0. The lowest BCUT2D eigenvalue weighted by Gasteiger charge is -2.34. The number of carbonyl (C=O) groups is 2. The highest BCUT2D eigenvalue weighted by molar-refractivity contribution is 7.92. The van der Waals surface area contributed by atoms with Crippen LogP contribution < -0.4 is 14.4 Å². The topological polar surface area (TPSA) is 96.0 Å². The maximum atomic E-state index is 14.2. The Bertz CT molecular complexity index is 1510. The smallest absolute Gasteiger partial charge is 0.264 e. The molecule has 1 N–H and O–H groups in total. The number of halogens is 3. The number of ether oxygens (including phenoxy) is 1. The number of hydrogen-bond acceptors (Lipinski definition) is 5. The SMILES string of the molecule is CC[C@@H](C)NC(=O)[C@H](CC)N(Cc1ccc(Cl)cc1Cl)C(=O)CN(c1cc(Cl)ccc1OC)S(=O)(=O)c1ccccc1. The molecule has 0 bridgehead atoms. The van der Waals surface area contributed by atoms with Crippen LogP contribution in [0.3, 0.4) is 0 Å². The molecule has 42 heavy (non-hydrogen) atoms. The van der Waals surface area contributed by atoms with Crippen LogP contribution in [0.2, 0.25) is 15.1 Å². The van der Waals surface area contributed by atoms with E-state index in [1.807, 2.05) is 13.8 Å². The number of amides is 2. The molecule has 8 nitrogen and oxygen atoms in total. The van der Waals surface area contributed by atoms with Crippen molar-refractivity contribution in [1.29, 1.82) is 0 Å². The standard InChI is InChI=1S/C30H34Cl3N3O5S/c1-5-20(3)34-30(38)26(6-2)35(18-21-12-13-22(31)16-25(21)33)29(37)19-36(27-17-23(32)14-15-28(27)41-4)42(39,40)24-10-8-7-9-11-24/h7-17,20,26H,5-6,18-19H2,1-4H3,(H,34,38)/t20-,26+/m1/s1. The highest BCUT2D eigenvalue weighted by atomic mass is 35.5. The number of hydrogen-bond donors (Lipinski definition) is 1. The van der Waals surface area contributed by atoms with Gasteiger partial charge in [-0.3, -0.25) is 13.9 Å². The summed E-state index contributed by atoms with van der Waals surface area (Å²) in [5.74, 6) is -0.794. The molecule has 0 fully saturated rings. The maximum Gasteiger partial charge on any atom is 0.264 e. The molecular formula is C30H34Cl3N3O5S. The molecule has 3 rings (SSSR count). The van der Waals surface area contributed by atoms with Gasteiger partial charge in [0.25, 0.3) is 10.0 Å². The average molecular weight is 655 g/mol. The summed E-state index contributed by atoms with van der Waals surface area (Å²) in [5.41, 5.74) is 0.616. The predicted molar refractivity (Wildman–Crippen MR) is 168 cm³/mol. The summed E-state index contributed by atoms with van der Waals surface area (Å²) in [5, 5.41) is 3.90. The number of methoxy groups -OCH3 is 1. The Morgan fingerprint density at radius 3 is 2.17 bits per heavy atom. The van der Waals surface area contributed by atoms with Crippen LogP contribution >= 0.6 is 34.8 Å². The van der Waals surface area contributed by atoms with Crippen LogP contribution in [0, 0.1) is 0 Å². The van der Waals surface area contributed by atoms with Gasteiger partial charge in [-0.25, -0.2) is 8.42 Å². The fraction of sp³-hybridized carbons (Fsp3) is 0.333. The van der Waals surface area contributed by atoms with Crippen LogP contribution in [0.5, 0.6) is 5.75 Å². The first kappa shape index (κ1) is 33.5. The van der Waals surface area contributed by atoms with Crippen molar-refractivity contribution in [3.8, 4) is 5.75 Å². The summed E-state index contributed by atoms with van der Waals surface area (Å²) in [4.78, 5) is 28.9. The zero-order chi connectivity index (χ0) is 31.0. The van der Waals surface area contributed by atoms with Gasteiger partial charge in [0.1, 0.15) is 18.3 Å². The molecule has 2 atom stereocenters. The Morgan fingerprint density at radius 2 is 1.57 bits per heavy atom. The maximum absolute atomic E-state index is 14.2. The van der Waals surface area contributed by atoms with Crippen LogP contribution in [0.4, 0.5) is 5.69 Å². The number of nitrogens with one attached hydrogen (secondary N) is 1. The Morgan fingerprint density at radius 1 is 0.929 bits per heavy atom. The van der Waals surface area contributed by atoms with Gasteiger partial charge in [0, 0.05) is 27.7 Å². The molecule has 0 saturated heterocycles. The first-order valence-electron chi connectivity index (χ1n) is 13.4. The van der Waals surface area contributed by atoms with Crippen LogP contribution in [-0.2, 0) is 26.2 Å². The highest BCUT2D eigenvalue weighted by Gasteiger charge is 2.35. The lowest BCUT2D eigenvalue weighted by molar-refractivity contribution is -0.140. The van der Waals surface area contributed by atoms with E-state index in [0.29, 0.717) is 22.0 Å². The van der Waals surface area contributed by atoms with Gasteiger partial charge >= 0.3 is 0 Å². The Kier molecular flexibility index (Phi) is 11.9. The van der Waals surface area contributed by atoms with Crippen molar-refractivity contribution in [2.45, 2.75) is 57.1 Å². The second-order valence-electron chi connectivity index (χ2n) is 9.64. The zero-order valence-electron chi connectivity index (χ0n) is 23.8. The Hall–Kier alpha value is -2.98. The van der Waals surface area contributed by atoms with Crippen molar-refractivity contribution in [3.63, 3.8) is 0 Å². The van der Waals surface area contributed by atoms with Crippen molar-refractivity contribution in [2.24, 2.45) is 0 Å². The van der Waals surface area contributed by atoms with E-state index in [0.717, 1.165) is 4.31 Å². The molecule has 0 aliphatic heterocycles. The van der Waals surface area contributed by atoms with Crippen LogP contribution in [0.25, 0.3) is 0 Å². The molecule has 0 unspecified atom stereocenters. The first-order chi connectivity index (χ1) is 19.9. The quantitative estimate of drug-likeness (QED) is 0.225. The number of sulfonamides is 1. The average Bonchev–Trinajstić information content (AvgIpc) is 2.97. The molecule has 0 heterocycles. The normalized spacial score (nSPS) is 12.7. The molecule has 226 valence electrons. The van der Waals surface area contributed by atoms with Gasteiger partial charge in [-0.05, 0) is 67.8 Å². The largest absolute Gasteiger partial charge is 0.495 e. The molecule has 0 radical (unpaired) electrons. The van der Waals surface area contributed by atoms with Crippen molar-refractivity contribution in [1.82, 2.24) is 10.2 Å². The lowest BCUT2D eigenvalue weighted by atomic mass is 10.1. The molecule has 3 aromatic carbocycles. The summed E-state index contributed by atoms with van der Waals surface area (Å²) < 4.78 is 34.4. The highest BCUT2D eigenvalue weighted by Crippen LogP contribution is 2.35. The van der Waals surface area contributed by atoms with E-state index in [9.17, 15) is 18.0 Å². The second-order valence-corrected chi connectivity index (χ2v) is 12.8. The van der Waals surface area contributed by atoms with E-state index in [-0.39, 0.29) is 46.3 Å². The van der Waals surface area contributed by atoms with Crippen molar-refractivity contribution >= 4 is 62.3 Å². The molecular weight excluding hydrogens is 621 g/mol. The third kappa shape index (κ3) is 8.10. The Labute approximate surface area is 262 Å². The van der Waals surface area contributed by atoms with Gasteiger partial charge in [0.05, 0.1) is 17.7 Å². The zero-order valence-corrected chi connectivity index (χ0v) is 26.9. The minimum Gasteiger partial charge on any atom is -0.495 e. The van der Waals surface area contributed by atoms with Crippen LogP contribution in [0.1, 0.15) is 39.2 Å². The fourth-order valence-corrected chi connectivity index (χ4v) is 6.36. The third-order valence-electron chi connectivity index (χ3n) is 6.76. The molecule has 0 aromatic heterocycles. The molecule has 0 spiro atoms. The van der Waals surface area contributed by atoms with E-state index in [2.05, 4.69) is 5.32 Å². The second kappa shape index (κ2) is 15.0. The van der Waals surface area contributed by atoms with Gasteiger partial charge in [0.2, 0.25) is 11.8 Å². The summed E-state index contributed by atoms with van der Waals surface area (Å²) in [6.45, 7) is 4.88. The van der Waals surface area contributed by atoms with Gasteiger partial charge in [-0.2, -0.15) is 0 Å². The first-order valence-corrected chi connectivity index (χ1v) is 15.9. The number of benzene rings is 3. The number of rotatable bonds is 13. The molecule has 0 aliphatic rings. The monoisotopic (exact) mass is 653 g/mol. The van der Waals surface area contributed by atoms with Gasteiger partial charge in [-0.15, -0.1) is 0 Å². The van der Waals surface area contributed by atoms with Crippen LogP contribution in [-0.4, -0.2) is 50.9 Å². The van der Waals surface area contributed by atoms with Crippen molar-refractivity contribution < 1.29 is 22.7 Å². The third-order valence-corrected chi connectivity index (χ3v) is 9.36. The van der Waals surface area contributed by atoms with E-state index < -0.39 is 28.5 Å². The minimum atomic E-state index is -4.29. The van der Waals surface area contributed by atoms with Gasteiger partial charge in [-0.1, -0.05) is 72.9 Å². The van der Waals surface area contributed by atoms with E-state index in [1.165, 1.54) is 36.3 Å². The molecule has 0 aliphatic carbocycles. The van der Waals surface area contributed by atoms with Crippen molar-refractivity contribution in [3.05, 3.63) is 87.4 Å². The number of carbonyl (C=O) groups excluding carboxylic acids is 2. The summed E-state index contributed by atoms with van der Waals surface area (Å²) >= 11 is 18.8. The molecule has 12 heteroatoms. The number of anilines is 1. The molecule has 3 aromatic rings.